The Morgan fingerprint density at radius 2 is 2.04 bits per heavy atom. The molecule has 2 heterocycles. The average molecular weight is 368 g/mol. The molecule has 5 heteroatoms. The van der Waals surface area contributed by atoms with Gasteiger partial charge in [0.1, 0.15) is 5.78 Å². The largest absolute Gasteiger partial charge is 0.462 e. The summed E-state index contributed by atoms with van der Waals surface area (Å²) in [5.74, 6) is -1.09. The number of unbranched alkanes of at least 4 members (excludes halogenated alkanes) is 1. The molecule has 0 bridgehead atoms. The van der Waals surface area contributed by atoms with Crippen molar-refractivity contribution in [1.82, 2.24) is 4.98 Å². The highest BCUT2D eigenvalue weighted by Crippen LogP contribution is 2.46. The Hall–Kier alpha value is -2.30. The van der Waals surface area contributed by atoms with E-state index in [2.05, 4.69) is 25.8 Å². The van der Waals surface area contributed by atoms with E-state index in [1.54, 1.807) is 6.20 Å². The average Bonchev–Trinajstić information content (AvgIpc) is 2.60. The maximum Gasteiger partial charge on any atom is 0.336 e. The maximum absolute atomic E-state index is 13.1. The van der Waals surface area contributed by atoms with E-state index in [4.69, 9.17) is 9.73 Å². The van der Waals surface area contributed by atoms with Crippen LogP contribution in [0.4, 0.5) is 0 Å². The number of esters is 1. The van der Waals surface area contributed by atoms with Crippen molar-refractivity contribution >= 4 is 17.5 Å². The van der Waals surface area contributed by atoms with Crippen molar-refractivity contribution in [2.45, 2.75) is 59.3 Å². The minimum absolute atomic E-state index is 0.111. The second kappa shape index (κ2) is 7.75. The summed E-state index contributed by atoms with van der Waals surface area (Å²) < 4.78 is 5.49. The van der Waals surface area contributed by atoms with Crippen molar-refractivity contribution in [3.05, 3.63) is 41.4 Å². The second-order valence-corrected chi connectivity index (χ2v) is 8.29. The first kappa shape index (κ1) is 19.5. The summed E-state index contributed by atoms with van der Waals surface area (Å²) in [6.07, 6.45) is 4.71. The van der Waals surface area contributed by atoms with Gasteiger partial charge >= 0.3 is 5.97 Å². The number of hydrogen-bond acceptors (Lipinski definition) is 5. The molecule has 0 spiro atoms. The molecule has 1 aromatic rings. The standard InChI is InChI=1S/C22H28N2O3/c1-5-6-11-27-21(26)18-14(2)24-16-12-22(3,4)13-17(25)19(16)20(18)15-9-7-8-10-23-15/h7-10,19-20H,5-6,11-13H2,1-4H3/t19-,20+/m1/s1. The van der Waals surface area contributed by atoms with E-state index in [-0.39, 0.29) is 17.2 Å². The van der Waals surface area contributed by atoms with Crippen molar-refractivity contribution in [1.29, 1.82) is 0 Å². The Morgan fingerprint density at radius 3 is 2.70 bits per heavy atom. The third kappa shape index (κ3) is 4.02. The molecule has 1 saturated carbocycles. The fraction of sp³-hybridized carbons (Fsp3) is 0.545. The van der Waals surface area contributed by atoms with Crippen LogP contribution in [-0.2, 0) is 14.3 Å². The molecule has 0 saturated heterocycles. The molecule has 1 aliphatic heterocycles. The van der Waals surface area contributed by atoms with Gasteiger partial charge in [0, 0.05) is 29.7 Å². The number of rotatable bonds is 5. The summed E-state index contributed by atoms with van der Waals surface area (Å²) >= 11 is 0. The number of Topliss-reactive ketones (excluding diaryl/α,β-unsaturated/α-hetero) is 1. The van der Waals surface area contributed by atoms with Crippen molar-refractivity contribution in [3.8, 4) is 0 Å². The Morgan fingerprint density at radius 1 is 1.26 bits per heavy atom. The Balaban J connectivity index is 2.06. The van der Waals surface area contributed by atoms with Crippen molar-refractivity contribution < 1.29 is 14.3 Å². The van der Waals surface area contributed by atoms with Gasteiger partial charge in [0.2, 0.25) is 0 Å². The van der Waals surface area contributed by atoms with Crippen molar-refractivity contribution in [2.24, 2.45) is 16.3 Å². The third-order valence-electron chi connectivity index (χ3n) is 5.32. The smallest absolute Gasteiger partial charge is 0.336 e. The molecular formula is C22H28N2O3. The molecule has 5 nitrogen and oxygen atoms in total. The number of pyridine rings is 1. The Bertz CT molecular complexity index is 793. The molecular weight excluding hydrogens is 340 g/mol. The highest BCUT2D eigenvalue weighted by atomic mass is 16.5. The van der Waals surface area contributed by atoms with Crippen LogP contribution in [0.15, 0.2) is 40.7 Å². The number of ether oxygens (including phenoxy) is 1. The van der Waals surface area contributed by atoms with Gasteiger partial charge in [0.25, 0.3) is 0 Å². The lowest BCUT2D eigenvalue weighted by atomic mass is 9.64. The van der Waals surface area contributed by atoms with Gasteiger partial charge < -0.3 is 4.74 Å². The molecule has 144 valence electrons. The van der Waals surface area contributed by atoms with Crippen LogP contribution in [0.3, 0.4) is 0 Å². The zero-order valence-electron chi connectivity index (χ0n) is 16.6. The number of hydrogen-bond donors (Lipinski definition) is 0. The summed E-state index contributed by atoms with van der Waals surface area (Å²) in [7, 11) is 0. The van der Waals surface area contributed by atoms with Crippen molar-refractivity contribution in [2.75, 3.05) is 6.61 Å². The van der Waals surface area contributed by atoms with Gasteiger partial charge in [0.05, 0.1) is 24.0 Å². The molecule has 2 atom stereocenters. The number of carbonyl (C=O) groups is 2. The number of nitrogens with zero attached hydrogens (tertiary/aromatic N) is 2. The predicted molar refractivity (Wildman–Crippen MR) is 104 cm³/mol. The lowest BCUT2D eigenvalue weighted by Gasteiger charge is -2.40. The molecule has 1 aliphatic carbocycles. The van der Waals surface area contributed by atoms with Crippen molar-refractivity contribution in [3.63, 3.8) is 0 Å². The Kier molecular flexibility index (Phi) is 5.59. The first-order chi connectivity index (χ1) is 12.8. The van der Waals surface area contributed by atoms with E-state index in [0.29, 0.717) is 24.3 Å². The van der Waals surface area contributed by atoms with Gasteiger partial charge in [-0.15, -0.1) is 0 Å². The predicted octanol–water partition coefficient (Wildman–Crippen LogP) is 4.24. The minimum atomic E-state index is -0.426. The highest BCUT2D eigenvalue weighted by molar-refractivity contribution is 6.12. The molecule has 0 unspecified atom stereocenters. The van der Waals surface area contributed by atoms with Gasteiger partial charge in [-0.2, -0.15) is 0 Å². The van der Waals surface area contributed by atoms with Crippen LogP contribution in [0.2, 0.25) is 0 Å². The molecule has 2 aliphatic rings. The normalized spacial score (nSPS) is 24.3. The molecule has 1 fully saturated rings. The molecule has 0 N–H and O–H groups in total. The monoisotopic (exact) mass is 368 g/mol. The van der Waals surface area contributed by atoms with Crippen LogP contribution in [0.1, 0.15) is 65.0 Å². The first-order valence-electron chi connectivity index (χ1n) is 9.73. The summed E-state index contributed by atoms with van der Waals surface area (Å²) in [5.41, 5.74) is 2.61. The SMILES string of the molecule is CCCCOC(=O)C1=C(C)N=C2CC(C)(C)CC(=O)[C@@H]2[C@H]1c1ccccn1. The van der Waals surface area contributed by atoms with E-state index in [9.17, 15) is 9.59 Å². The minimum Gasteiger partial charge on any atom is -0.462 e. The van der Waals surface area contributed by atoms with Gasteiger partial charge in [-0.1, -0.05) is 33.3 Å². The summed E-state index contributed by atoms with van der Waals surface area (Å²) in [6.45, 7) is 8.44. The van der Waals surface area contributed by atoms with Crippen LogP contribution >= 0.6 is 0 Å². The summed E-state index contributed by atoms with van der Waals surface area (Å²) in [6, 6.07) is 5.61. The van der Waals surface area contributed by atoms with E-state index < -0.39 is 11.8 Å². The summed E-state index contributed by atoms with van der Waals surface area (Å²) in [5, 5.41) is 0. The Labute approximate surface area is 160 Å². The van der Waals surface area contributed by atoms with Gasteiger partial charge in [-0.25, -0.2) is 4.79 Å². The van der Waals surface area contributed by atoms with Crippen LogP contribution < -0.4 is 0 Å². The van der Waals surface area contributed by atoms with Gasteiger partial charge in [-0.3, -0.25) is 14.8 Å². The number of ketones is 1. The molecule has 27 heavy (non-hydrogen) atoms. The van der Waals surface area contributed by atoms with E-state index in [1.165, 1.54) is 0 Å². The molecule has 3 rings (SSSR count). The lowest BCUT2D eigenvalue weighted by molar-refractivity contribution is -0.139. The van der Waals surface area contributed by atoms with Crippen LogP contribution in [-0.4, -0.2) is 29.1 Å². The molecule has 0 radical (unpaired) electrons. The number of fused-ring (bicyclic) bond motifs is 1. The first-order valence-corrected chi connectivity index (χ1v) is 9.73. The van der Waals surface area contributed by atoms with Crippen LogP contribution in [0.5, 0.6) is 0 Å². The second-order valence-electron chi connectivity index (χ2n) is 8.29. The quantitative estimate of drug-likeness (QED) is 0.576. The zero-order chi connectivity index (χ0) is 19.6. The van der Waals surface area contributed by atoms with E-state index >= 15 is 0 Å². The topological polar surface area (TPSA) is 68.6 Å². The third-order valence-corrected chi connectivity index (χ3v) is 5.32. The van der Waals surface area contributed by atoms with E-state index in [1.807, 2.05) is 25.1 Å². The van der Waals surface area contributed by atoms with Crippen LogP contribution in [0.25, 0.3) is 0 Å². The summed E-state index contributed by atoms with van der Waals surface area (Å²) in [4.78, 5) is 35.1. The number of carbonyl (C=O) groups excluding carboxylic acids is 2. The fourth-order valence-electron chi connectivity index (χ4n) is 4.13. The molecule has 0 amide bonds. The zero-order valence-corrected chi connectivity index (χ0v) is 16.6. The molecule has 1 aromatic heterocycles. The maximum atomic E-state index is 13.1. The highest BCUT2D eigenvalue weighted by Gasteiger charge is 2.48. The number of aromatic nitrogens is 1. The van der Waals surface area contributed by atoms with Gasteiger partial charge in [-0.05, 0) is 37.3 Å². The number of aliphatic imine (C=N–C) groups is 1. The van der Waals surface area contributed by atoms with Crippen LogP contribution in [0, 0.1) is 11.3 Å². The lowest BCUT2D eigenvalue weighted by Crippen LogP contribution is -2.44. The fourth-order valence-corrected chi connectivity index (χ4v) is 4.13. The number of allylic oxidation sites excluding steroid dienone is 1. The van der Waals surface area contributed by atoms with Gasteiger partial charge in [0.15, 0.2) is 0 Å². The van der Waals surface area contributed by atoms with E-state index in [0.717, 1.165) is 30.7 Å². The molecule has 0 aromatic carbocycles.